The number of hydrogen-bond acceptors (Lipinski definition) is 2. The third kappa shape index (κ3) is 2.90. The van der Waals surface area contributed by atoms with E-state index in [0.29, 0.717) is 0 Å². The minimum Gasteiger partial charge on any atom is -0.268 e. The number of nitrogens with zero attached hydrogens (tertiary/aromatic N) is 3. The second kappa shape index (κ2) is 5.36. The summed E-state index contributed by atoms with van der Waals surface area (Å²) in [6.07, 6.45) is 5.58. The van der Waals surface area contributed by atoms with E-state index in [-0.39, 0.29) is 0 Å². The van der Waals surface area contributed by atoms with Crippen LogP contribution in [-0.2, 0) is 6.54 Å². The smallest absolute Gasteiger partial charge is 0.0938 e. The van der Waals surface area contributed by atoms with Crippen molar-refractivity contribution >= 4 is 15.9 Å². The van der Waals surface area contributed by atoms with Gasteiger partial charge in [0.2, 0.25) is 0 Å². The Morgan fingerprint density at radius 1 is 1.11 bits per heavy atom. The van der Waals surface area contributed by atoms with Crippen LogP contribution in [0, 0.1) is 0 Å². The first-order valence-corrected chi connectivity index (χ1v) is 6.79. The molecule has 3 rings (SSSR count). The number of pyridine rings is 1. The average molecular weight is 314 g/mol. The van der Waals surface area contributed by atoms with Gasteiger partial charge in [0.25, 0.3) is 0 Å². The van der Waals surface area contributed by atoms with Crippen LogP contribution in [0.2, 0.25) is 0 Å². The van der Waals surface area contributed by atoms with Crippen molar-refractivity contribution in [1.82, 2.24) is 14.8 Å². The zero-order valence-corrected chi connectivity index (χ0v) is 11.8. The number of aromatic nitrogens is 3. The van der Waals surface area contributed by atoms with E-state index in [1.54, 1.807) is 6.20 Å². The van der Waals surface area contributed by atoms with E-state index < -0.39 is 0 Å². The minimum absolute atomic E-state index is 0.764. The summed E-state index contributed by atoms with van der Waals surface area (Å²) >= 11 is 3.48. The van der Waals surface area contributed by atoms with Crippen molar-refractivity contribution < 1.29 is 0 Å². The molecule has 94 valence electrons. The molecule has 2 heterocycles. The molecule has 1 aromatic carbocycles. The molecule has 19 heavy (non-hydrogen) atoms. The molecule has 3 nitrogen and oxygen atoms in total. The summed E-state index contributed by atoms with van der Waals surface area (Å²) in [5.74, 6) is 0. The summed E-state index contributed by atoms with van der Waals surface area (Å²) < 4.78 is 3.02. The van der Waals surface area contributed by atoms with Crippen molar-refractivity contribution in [2.75, 3.05) is 0 Å². The molecular formula is C15H12BrN3. The highest BCUT2D eigenvalue weighted by Crippen LogP contribution is 2.16. The van der Waals surface area contributed by atoms with Crippen LogP contribution in [0.3, 0.4) is 0 Å². The summed E-state index contributed by atoms with van der Waals surface area (Å²) in [5, 5.41) is 4.57. The van der Waals surface area contributed by atoms with Crippen molar-refractivity contribution in [1.29, 1.82) is 0 Å². The second-order valence-electron chi connectivity index (χ2n) is 4.27. The molecule has 4 heteroatoms. The number of benzene rings is 1. The van der Waals surface area contributed by atoms with Crippen LogP contribution in [0.15, 0.2) is 65.5 Å². The van der Waals surface area contributed by atoms with Gasteiger partial charge in [-0.2, -0.15) is 5.10 Å². The molecule has 0 spiro atoms. The lowest BCUT2D eigenvalue weighted by Crippen LogP contribution is -2.00. The molecule has 0 aliphatic rings. The summed E-state index contributed by atoms with van der Waals surface area (Å²) in [7, 11) is 0. The molecule has 0 saturated carbocycles. The second-order valence-corrected chi connectivity index (χ2v) is 5.19. The topological polar surface area (TPSA) is 30.7 Å². The van der Waals surface area contributed by atoms with E-state index in [2.05, 4.69) is 38.1 Å². The van der Waals surface area contributed by atoms with Gasteiger partial charge >= 0.3 is 0 Å². The lowest BCUT2D eigenvalue weighted by molar-refractivity contribution is 0.689. The molecule has 0 amide bonds. The van der Waals surface area contributed by atoms with Gasteiger partial charge in [0.1, 0.15) is 0 Å². The van der Waals surface area contributed by atoms with Gasteiger partial charge in [0, 0.05) is 28.6 Å². The van der Waals surface area contributed by atoms with Crippen LogP contribution >= 0.6 is 15.9 Å². The number of halogens is 1. The molecule has 2 aromatic heterocycles. The van der Waals surface area contributed by atoms with E-state index >= 15 is 0 Å². The number of hydrogen-bond donors (Lipinski definition) is 0. The Morgan fingerprint density at radius 3 is 2.84 bits per heavy atom. The van der Waals surface area contributed by atoms with Crippen LogP contribution in [-0.4, -0.2) is 14.8 Å². The van der Waals surface area contributed by atoms with Gasteiger partial charge in [-0.3, -0.25) is 9.67 Å². The maximum atomic E-state index is 4.57. The zero-order chi connectivity index (χ0) is 13.1. The number of rotatable bonds is 3. The molecule has 0 bridgehead atoms. The van der Waals surface area contributed by atoms with Crippen molar-refractivity contribution in [3.05, 3.63) is 71.1 Å². The fraction of sp³-hybridized carbons (Fsp3) is 0.0667. The fourth-order valence-corrected chi connectivity index (χ4v) is 2.39. The molecule has 0 aliphatic heterocycles. The van der Waals surface area contributed by atoms with Gasteiger partial charge in [-0.25, -0.2) is 0 Å². The monoisotopic (exact) mass is 313 g/mol. The first-order valence-electron chi connectivity index (χ1n) is 5.99. The summed E-state index contributed by atoms with van der Waals surface area (Å²) in [5.41, 5.74) is 3.20. The first kappa shape index (κ1) is 12.1. The molecule has 0 saturated heterocycles. The van der Waals surface area contributed by atoms with E-state index in [9.17, 15) is 0 Å². The maximum absolute atomic E-state index is 4.57. The van der Waals surface area contributed by atoms with E-state index in [1.807, 2.05) is 47.4 Å². The molecular weight excluding hydrogens is 302 g/mol. The molecule has 0 unspecified atom stereocenters. The highest BCUT2D eigenvalue weighted by Gasteiger charge is 2.03. The van der Waals surface area contributed by atoms with Gasteiger partial charge in [-0.1, -0.05) is 28.1 Å². The maximum Gasteiger partial charge on any atom is 0.0938 e. The third-order valence-corrected chi connectivity index (χ3v) is 3.32. The van der Waals surface area contributed by atoms with Crippen molar-refractivity contribution in [3.8, 4) is 11.3 Å². The Balaban J connectivity index is 1.82. The van der Waals surface area contributed by atoms with E-state index in [1.165, 1.54) is 5.56 Å². The van der Waals surface area contributed by atoms with Gasteiger partial charge < -0.3 is 0 Å². The van der Waals surface area contributed by atoms with Gasteiger partial charge in [-0.15, -0.1) is 0 Å². The minimum atomic E-state index is 0.764. The molecule has 0 fully saturated rings. The van der Waals surface area contributed by atoms with Crippen LogP contribution in [0.25, 0.3) is 11.3 Å². The predicted octanol–water partition coefficient (Wildman–Crippen LogP) is 3.76. The van der Waals surface area contributed by atoms with Crippen LogP contribution in [0.5, 0.6) is 0 Å². The van der Waals surface area contributed by atoms with Gasteiger partial charge in [0.05, 0.1) is 12.2 Å². The molecule has 3 aromatic rings. The Hall–Kier alpha value is -1.94. The Labute approximate surface area is 120 Å². The van der Waals surface area contributed by atoms with Gasteiger partial charge in [-0.05, 0) is 35.9 Å². The van der Waals surface area contributed by atoms with Crippen molar-refractivity contribution in [2.24, 2.45) is 0 Å². The predicted molar refractivity (Wildman–Crippen MR) is 78.7 cm³/mol. The zero-order valence-electron chi connectivity index (χ0n) is 10.2. The summed E-state index contributed by atoms with van der Waals surface area (Å²) in [6.45, 7) is 0.764. The average Bonchev–Trinajstić information content (AvgIpc) is 2.88. The van der Waals surface area contributed by atoms with E-state index in [0.717, 1.165) is 22.3 Å². The van der Waals surface area contributed by atoms with Crippen LogP contribution in [0.4, 0.5) is 0 Å². The molecule has 0 radical (unpaired) electrons. The van der Waals surface area contributed by atoms with Crippen LogP contribution < -0.4 is 0 Å². The summed E-state index contributed by atoms with van der Waals surface area (Å²) in [6, 6.07) is 14.2. The largest absolute Gasteiger partial charge is 0.268 e. The normalized spacial score (nSPS) is 10.6. The fourth-order valence-electron chi connectivity index (χ4n) is 1.94. The Bertz CT molecular complexity index is 677. The lowest BCUT2D eigenvalue weighted by Gasteiger charge is -2.02. The Kier molecular flexibility index (Phi) is 3.42. The first-order chi connectivity index (χ1) is 9.31. The summed E-state index contributed by atoms with van der Waals surface area (Å²) in [4.78, 5) is 4.11. The molecule has 0 N–H and O–H groups in total. The SMILES string of the molecule is Brc1cccc(Cn2ccc(-c3cccnc3)n2)c1. The third-order valence-electron chi connectivity index (χ3n) is 2.83. The van der Waals surface area contributed by atoms with Gasteiger partial charge in [0.15, 0.2) is 0 Å². The van der Waals surface area contributed by atoms with Crippen molar-refractivity contribution in [2.45, 2.75) is 6.54 Å². The highest BCUT2D eigenvalue weighted by atomic mass is 79.9. The lowest BCUT2D eigenvalue weighted by atomic mass is 10.2. The van der Waals surface area contributed by atoms with E-state index in [4.69, 9.17) is 0 Å². The molecule has 0 aliphatic carbocycles. The quantitative estimate of drug-likeness (QED) is 0.737. The van der Waals surface area contributed by atoms with Crippen molar-refractivity contribution in [3.63, 3.8) is 0 Å². The highest BCUT2D eigenvalue weighted by molar-refractivity contribution is 9.10. The Morgan fingerprint density at radius 2 is 2.05 bits per heavy atom. The van der Waals surface area contributed by atoms with Crippen LogP contribution in [0.1, 0.15) is 5.56 Å². The molecule has 0 atom stereocenters. The standard InChI is InChI=1S/C15H12BrN3/c16-14-5-1-3-12(9-14)11-19-8-6-15(18-19)13-4-2-7-17-10-13/h1-10H,11H2.